The first-order valence-corrected chi connectivity index (χ1v) is 8.22. The molecule has 2 aromatic heterocycles. The van der Waals surface area contributed by atoms with Gasteiger partial charge in [-0.2, -0.15) is 11.3 Å². The van der Waals surface area contributed by atoms with E-state index in [-0.39, 0.29) is 11.9 Å². The van der Waals surface area contributed by atoms with E-state index in [4.69, 9.17) is 0 Å². The van der Waals surface area contributed by atoms with Crippen molar-refractivity contribution < 1.29 is 4.79 Å². The first kappa shape index (κ1) is 16.5. The van der Waals surface area contributed by atoms with Crippen LogP contribution in [0.1, 0.15) is 28.9 Å². The Morgan fingerprint density at radius 2 is 2.18 bits per heavy atom. The molecule has 0 aromatic carbocycles. The second-order valence-electron chi connectivity index (χ2n) is 5.21. The van der Waals surface area contributed by atoms with Gasteiger partial charge < -0.3 is 15.5 Å². The molecule has 6 heteroatoms. The Morgan fingerprint density at radius 3 is 2.73 bits per heavy atom. The molecule has 22 heavy (non-hydrogen) atoms. The van der Waals surface area contributed by atoms with Gasteiger partial charge in [-0.15, -0.1) is 0 Å². The fourth-order valence-electron chi connectivity index (χ4n) is 2.16. The normalized spacial score (nSPS) is 12.2. The number of pyridine rings is 1. The summed E-state index contributed by atoms with van der Waals surface area (Å²) >= 11 is 1.70. The molecule has 2 heterocycles. The summed E-state index contributed by atoms with van der Waals surface area (Å²) in [6.45, 7) is 3.27. The molecule has 2 aromatic rings. The Hall–Kier alpha value is -1.92. The molecule has 5 nitrogen and oxygen atoms in total. The molecule has 1 amide bonds. The summed E-state index contributed by atoms with van der Waals surface area (Å²) in [6.07, 6.45) is 1.60. The molecule has 2 rings (SSSR count). The Bertz CT molecular complexity index is 581. The number of amides is 1. The Balaban J connectivity index is 1.97. The molecule has 0 radical (unpaired) electrons. The molecular weight excluding hydrogens is 296 g/mol. The molecule has 0 saturated heterocycles. The zero-order valence-electron chi connectivity index (χ0n) is 13.2. The number of nitrogens with zero attached hydrogens (tertiary/aromatic N) is 2. The fraction of sp³-hybridized carbons (Fsp3) is 0.375. The number of nitrogens with one attached hydrogen (secondary N) is 2. The van der Waals surface area contributed by atoms with E-state index in [0.29, 0.717) is 12.1 Å². The van der Waals surface area contributed by atoms with Gasteiger partial charge in [0.2, 0.25) is 0 Å². The summed E-state index contributed by atoms with van der Waals surface area (Å²) < 4.78 is 0. The van der Waals surface area contributed by atoms with Crippen LogP contribution in [0.25, 0.3) is 0 Å². The molecule has 0 bridgehead atoms. The van der Waals surface area contributed by atoms with E-state index in [0.717, 1.165) is 12.4 Å². The molecule has 0 spiro atoms. The average molecular weight is 318 g/mol. The SMILES string of the molecule is CCNC(=O)c1ccc(NC[C@H](c2ccsc2)N(C)C)nc1. The summed E-state index contributed by atoms with van der Waals surface area (Å²) in [5.41, 5.74) is 1.87. The van der Waals surface area contributed by atoms with Gasteiger partial charge in [-0.25, -0.2) is 4.98 Å². The van der Waals surface area contributed by atoms with Crippen LogP contribution in [0.15, 0.2) is 35.2 Å². The lowest BCUT2D eigenvalue weighted by atomic mass is 10.1. The van der Waals surface area contributed by atoms with Crippen LogP contribution in [0.2, 0.25) is 0 Å². The van der Waals surface area contributed by atoms with Gasteiger partial charge in [0.15, 0.2) is 0 Å². The molecule has 0 aliphatic heterocycles. The third kappa shape index (κ3) is 4.29. The zero-order chi connectivity index (χ0) is 15.9. The molecule has 0 saturated carbocycles. The predicted octanol–water partition coefficient (Wildman–Crippen LogP) is 2.61. The van der Waals surface area contributed by atoms with E-state index in [1.807, 2.05) is 13.0 Å². The van der Waals surface area contributed by atoms with Crippen LogP contribution in [-0.4, -0.2) is 43.0 Å². The van der Waals surface area contributed by atoms with Crippen LogP contribution in [-0.2, 0) is 0 Å². The number of hydrogen-bond acceptors (Lipinski definition) is 5. The highest BCUT2D eigenvalue weighted by Gasteiger charge is 2.14. The maximum Gasteiger partial charge on any atom is 0.252 e. The van der Waals surface area contributed by atoms with E-state index in [2.05, 4.69) is 51.4 Å². The number of aromatic nitrogens is 1. The smallest absolute Gasteiger partial charge is 0.252 e. The number of thiophene rings is 1. The second kappa shape index (κ2) is 7.91. The van der Waals surface area contributed by atoms with Crippen molar-refractivity contribution in [2.24, 2.45) is 0 Å². The molecule has 1 atom stereocenters. The average Bonchev–Trinajstić information content (AvgIpc) is 3.02. The topological polar surface area (TPSA) is 57.3 Å². The lowest BCUT2D eigenvalue weighted by Gasteiger charge is -2.24. The number of anilines is 1. The van der Waals surface area contributed by atoms with Gasteiger partial charge in [-0.3, -0.25) is 4.79 Å². The van der Waals surface area contributed by atoms with Crippen LogP contribution in [0.3, 0.4) is 0 Å². The van der Waals surface area contributed by atoms with Crippen molar-refractivity contribution in [2.75, 3.05) is 32.5 Å². The first-order valence-electron chi connectivity index (χ1n) is 7.28. The lowest BCUT2D eigenvalue weighted by molar-refractivity contribution is 0.0955. The van der Waals surface area contributed by atoms with E-state index >= 15 is 0 Å². The molecule has 0 fully saturated rings. The highest BCUT2D eigenvalue weighted by molar-refractivity contribution is 7.07. The van der Waals surface area contributed by atoms with Crippen molar-refractivity contribution in [3.63, 3.8) is 0 Å². The monoisotopic (exact) mass is 318 g/mol. The van der Waals surface area contributed by atoms with Gasteiger partial charge >= 0.3 is 0 Å². The third-order valence-corrected chi connectivity index (χ3v) is 4.09. The van der Waals surface area contributed by atoms with Gasteiger partial charge in [-0.1, -0.05) is 0 Å². The molecule has 0 unspecified atom stereocenters. The fourth-order valence-corrected chi connectivity index (χ4v) is 2.87. The van der Waals surface area contributed by atoms with Gasteiger partial charge in [0, 0.05) is 19.3 Å². The highest BCUT2D eigenvalue weighted by Crippen LogP contribution is 2.21. The molecule has 118 valence electrons. The zero-order valence-corrected chi connectivity index (χ0v) is 14.0. The Kier molecular flexibility index (Phi) is 5.91. The van der Waals surface area contributed by atoms with Gasteiger partial charge in [0.05, 0.1) is 11.6 Å². The minimum atomic E-state index is -0.0917. The number of carbonyl (C=O) groups excluding carboxylic acids is 1. The molecule has 2 N–H and O–H groups in total. The van der Waals surface area contributed by atoms with Crippen molar-refractivity contribution in [3.05, 3.63) is 46.3 Å². The van der Waals surface area contributed by atoms with Crippen LogP contribution in [0, 0.1) is 0 Å². The highest BCUT2D eigenvalue weighted by atomic mass is 32.1. The quantitative estimate of drug-likeness (QED) is 0.824. The maximum absolute atomic E-state index is 11.7. The summed E-state index contributed by atoms with van der Waals surface area (Å²) in [5, 5.41) is 10.3. The van der Waals surface area contributed by atoms with Crippen LogP contribution in [0.4, 0.5) is 5.82 Å². The number of hydrogen-bond donors (Lipinski definition) is 2. The van der Waals surface area contributed by atoms with Crippen molar-refractivity contribution in [3.8, 4) is 0 Å². The maximum atomic E-state index is 11.7. The second-order valence-corrected chi connectivity index (χ2v) is 5.99. The van der Waals surface area contributed by atoms with E-state index in [1.165, 1.54) is 5.56 Å². The van der Waals surface area contributed by atoms with Crippen molar-refractivity contribution in [2.45, 2.75) is 13.0 Å². The van der Waals surface area contributed by atoms with Gasteiger partial charge in [0.25, 0.3) is 5.91 Å². The Morgan fingerprint density at radius 1 is 1.36 bits per heavy atom. The first-order chi connectivity index (χ1) is 10.6. The molecule has 0 aliphatic rings. The van der Waals surface area contributed by atoms with Crippen LogP contribution >= 0.6 is 11.3 Å². The molecular formula is C16H22N4OS. The van der Waals surface area contributed by atoms with Gasteiger partial charge in [0.1, 0.15) is 5.82 Å². The van der Waals surface area contributed by atoms with Crippen LogP contribution < -0.4 is 10.6 Å². The van der Waals surface area contributed by atoms with E-state index in [9.17, 15) is 4.79 Å². The summed E-state index contributed by atoms with van der Waals surface area (Å²) in [5.74, 6) is 0.682. The molecule has 0 aliphatic carbocycles. The summed E-state index contributed by atoms with van der Waals surface area (Å²) in [7, 11) is 4.13. The standard InChI is InChI=1S/C16H22N4OS/c1-4-17-16(21)12-5-6-15(18-9-12)19-10-14(20(2)3)13-7-8-22-11-13/h5-9,11,14H,4,10H2,1-3H3,(H,17,21)(H,18,19)/t14-/m1/s1. The van der Waals surface area contributed by atoms with E-state index in [1.54, 1.807) is 23.6 Å². The minimum Gasteiger partial charge on any atom is -0.368 e. The number of likely N-dealkylation sites (N-methyl/N-ethyl adjacent to an activating group) is 1. The van der Waals surface area contributed by atoms with Crippen molar-refractivity contribution >= 4 is 23.1 Å². The predicted molar refractivity (Wildman–Crippen MR) is 91.5 cm³/mol. The van der Waals surface area contributed by atoms with Gasteiger partial charge in [-0.05, 0) is 55.5 Å². The van der Waals surface area contributed by atoms with E-state index < -0.39 is 0 Å². The number of carbonyl (C=O) groups is 1. The van der Waals surface area contributed by atoms with Crippen molar-refractivity contribution in [1.82, 2.24) is 15.2 Å². The van der Waals surface area contributed by atoms with Crippen molar-refractivity contribution in [1.29, 1.82) is 0 Å². The summed E-state index contributed by atoms with van der Waals surface area (Å²) in [4.78, 5) is 18.2. The minimum absolute atomic E-state index is 0.0917. The number of rotatable bonds is 7. The van der Waals surface area contributed by atoms with Crippen LogP contribution in [0.5, 0.6) is 0 Å². The largest absolute Gasteiger partial charge is 0.368 e. The third-order valence-electron chi connectivity index (χ3n) is 3.39. The lowest BCUT2D eigenvalue weighted by Crippen LogP contribution is -2.26. The summed E-state index contributed by atoms with van der Waals surface area (Å²) in [6, 6.07) is 6.06. The Labute approximate surface area is 135 Å².